The van der Waals surface area contributed by atoms with E-state index in [2.05, 4.69) is 25.6 Å². The highest BCUT2D eigenvalue weighted by atomic mass is 32.1. The molecule has 0 aromatic carbocycles. The molecule has 1 aliphatic heterocycles. The van der Waals surface area contributed by atoms with Gasteiger partial charge in [0.15, 0.2) is 0 Å². The molecule has 1 N–H and O–H groups in total. The molecular weight excluding hydrogens is 142 g/mol. The lowest BCUT2D eigenvalue weighted by atomic mass is 10.7. The fraction of sp³-hybridized carbons (Fsp3) is 0.667. The van der Waals surface area contributed by atoms with Crippen molar-refractivity contribution in [2.45, 2.75) is 0 Å². The van der Waals surface area contributed by atoms with Crippen molar-refractivity contribution in [2.75, 3.05) is 13.1 Å². The van der Waals surface area contributed by atoms with Gasteiger partial charge < -0.3 is 0 Å². The van der Waals surface area contributed by atoms with Crippen molar-refractivity contribution in [2.24, 2.45) is 0 Å². The van der Waals surface area contributed by atoms with Crippen LogP contribution in [0.5, 0.6) is 0 Å². The third-order valence-corrected chi connectivity index (χ3v) is 1.79. The summed E-state index contributed by atoms with van der Waals surface area (Å²) < 4.78 is 3.10. The number of hydrogen-bond donors (Lipinski definition) is 3. The number of thiol groups is 2. The zero-order chi connectivity index (χ0) is 6.15. The largest absolute Gasteiger partial charge is 0.287 e. The van der Waals surface area contributed by atoms with Crippen molar-refractivity contribution in [3.63, 3.8) is 0 Å². The molecule has 0 amide bonds. The average molecular weight is 149 g/mol. The van der Waals surface area contributed by atoms with E-state index < -0.39 is 0 Å². The van der Waals surface area contributed by atoms with Crippen LogP contribution in [0.1, 0.15) is 0 Å². The molecule has 0 unspecified atom stereocenters. The van der Waals surface area contributed by atoms with Crippen LogP contribution in [0.2, 0.25) is 0 Å². The Morgan fingerprint density at radius 3 is 1.75 bits per heavy atom. The topological polar surface area (TPSA) is 30.3 Å². The molecule has 46 valence electrons. The van der Waals surface area contributed by atoms with Crippen molar-refractivity contribution in [3.8, 4) is 0 Å². The predicted molar refractivity (Wildman–Crippen MR) is 39.1 cm³/mol. The molecule has 1 fully saturated rings. The summed E-state index contributed by atoms with van der Waals surface area (Å²) in [6, 6.07) is 0. The number of guanidine groups is 1. The van der Waals surface area contributed by atoms with Crippen molar-refractivity contribution < 1.29 is 0 Å². The minimum Gasteiger partial charge on any atom is -0.287 e. The predicted octanol–water partition coefficient (Wildman–Crippen LogP) is 0.228. The van der Waals surface area contributed by atoms with Crippen molar-refractivity contribution in [3.05, 3.63) is 0 Å². The fourth-order valence-corrected chi connectivity index (χ4v) is 1.000. The molecule has 8 heavy (non-hydrogen) atoms. The van der Waals surface area contributed by atoms with Crippen LogP contribution in [0.4, 0.5) is 0 Å². The van der Waals surface area contributed by atoms with E-state index in [9.17, 15) is 0 Å². The molecule has 1 heterocycles. The maximum atomic E-state index is 7.16. The molecule has 1 saturated heterocycles. The van der Waals surface area contributed by atoms with Crippen LogP contribution in [0.3, 0.4) is 0 Å². The zero-order valence-electron chi connectivity index (χ0n) is 4.20. The summed E-state index contributed by atoms with van der Waals surface area (Å²) in [5, 5.41) is 7.16. The molecule has 1 rings (SSSR count). The fourth-order valence-electron chi connectivity index (χ4n) is 0.534. The first kappa shape index (κ1) is 6.10. The quantitative estimate of drug-likeness (QED) is 0.430. The summed E-state index contributed by atoms with van der Waals surface area (Å²) in [5.74, 6) is 0.358. The van der Waals surface area contributed by atoms with E-state index in [-0.39, 0.29) is 0 Å². The van der Waals surface area contributed by atoms with Gasteiger partial charge in [0.1, 0.15) is 0 Å². The summed E-state index contributed by atoms with van der Waals surface area (Å²) in [5.41, 5.74) is 0. The Bertz CT molecular complexity index is 103. The number of rotatable bonds is 0. The third-order valence-electron chi connectivity index (χ3n) is 1.01. The Morgan fingerprint density at radius 2 is 1.62 bits per heavy atom. The second-order valence-electron chi connectivity index (χ2n) is 1.57. The minimum absolute atomic E-state index is 0.358. The summed E-state index contributed by atoms with van der Waals surface area (Å²) in [6.45, 7) is 1.57. The molecule has 0 saturated carbocycles. The Morgan fingerprint density at radius 1 is 1.25 bits per heavy atom. The highest BCUT2D eigenvalue weighted by molar-refractivity contribution is 7.79. The van der Waals surface area contributed by atoms with Crippen LogP contribution in [-0.2, 0) is 0 Å². The van der Waals surface area contributed by atoms with Gasteiger partial charge in [0.25, 0.3) is 0 Å². The molecule has 1 aliphatic rings. The Hall–Kier alpha value is -0.0300. The molecule has 0 atom stereocenters. The van der Waals surface area contributed by atoms with E-state index >= 15 is 0 Å². The van der Waals surface area contributed by atoms with Gasteiger partial charge in [-0.25, -0.2) is 0 Å². The van der Waals surface area contributed by atoms with Crippen LogP contribution in [0.15, 0.2) is 0 Å². The standard InChI is InChI=1S/C3H7N3S2/c4-3-5(7)1-2-6(3)8/h4,7-8H,1-2H2. The maximum Gasteiger partial charge on any atom is 0.213 e. The van der Waals surface area contributed by atoms with Gasteiger partial charge in [-0.1, -0.05) is 25.6 Å². The van der Waals surface area contributed by atoms with Gasteiger partial charge >= 0.3 is 0 Å². The Balaban J connectivity index is 2.57. The van der Waals surface area contributed by atoms with Gasteiger partial charge in [-0.05, 0) is 0 Å². The van der Waals surface area contributed by atoms with E-state index in [0.29, 0.717) is 5.96 Å². The molecule has 0 aromatic rings. The first-order valence-corrected chi connectivity index (χ1v) is 3.03. The molecule has 5 heteroatoms. The molecule has 0 bridgehead atoms. The molecule has 3 nitrogen and oxygen atoms in total. The Kier molecular flexibility index (Phi) is 1.57. The lowest BCUT2D eigenvalue weighted by Crippen LogP contribution is -2.19. The number of hydrogen-bond acceptors (Lipinski definition) is 3. The molecule has 0 aromatic heterocycles. The number of nitrogens with one attached hydrogen (secondary N) is 1. The van der Waals surface area contributed by atoms with Crippen LogP contribution in [-0.4, -0.2) is 27.7 Å². The van der Waals surface area contributed by atoms with Crippen LogP contribution >= 0.6 is 25.6 Å². The second-order valence-corrected chi connectivity index (χ2v) is 2.54. The first-order chi connectivity index (χ1) is 3.72. The van der Waals surface area contributed by atoms with Crippen molar-refractivity contribution in [1.82, 2.24) is 8.61 Å². The SMILES string of the molecule is N=C1N(S)CCN1S. The highest BCUT2D eigenvalue weighted by Crippen LogP contribution is 2.09. The first-order valence-electron chi connectivity index (χ1n) is 2.23. The maximum absolute atomic E-state index is 7.16. The van der Waals surface area contributed by atoms with Gasteiger partial charge in [0.2, 0.25) is 5.96 Å². The van der Waals surface area contributed by atoms with E-state index in [0.717, 1.165) is 13.1 Å². The lowest BCUT2D eigenvalue weighted by molar-refractivity contribution is 0.723. The molecular formula is C3H7N3S2. The van der Waals surface area contributed by atoms with Gasteiger partial charge in [0.05, 0.1) is 13.1 Å². The lowest BCUT2D eigenvalue weighted by Gasteiger charge is -2.09. The summed E-state index contributed by atoms with van der Waals surface area (Å²) in [4.78, 5) is 0. The smallest absolute Gasteiger partial charge is 0.213 e. The van der Waals surface area contributed by atoms with Gasteiger partial charge in [0, 0.05) is 0 Å². The van der Waals surface area contributed by atoms with Crippen molar-refractivity contribution in [1.29, 1.82) is 5.41 Å². The second kappa shape index (κ2) is 2.06. The third kappa shape index (κ3) is 0.877. The van der Waals surface area contributed by atoms with Gasteiger partial charge in [-0.15, -0.1) is 0 Å². The number of nitrogens with zero attached hydrogens (tertiary/aromatic N) is 2. The van der Waals surface area contributed by atoms with Gasteiger partial charge in [-0.3, -0.25) is 14.0 Å². The molecule has 0 aliphatic carbocycles. The monoisotopic (exact) mass is 149 g/mol. The van der Waals surface area contributed by atoms with Crippen LogP contribution < -0.4 is 0 Å². The zero-order valence-corrected chi connectivity index (χ0v) is 5.99. The van der Waals surface area contributed by atoms with E-state index in [4.69, 9.17) is 5.41 Å². The van der Waals surface area contributed by atoms with Crippen LogP contribution in [0, 0.1) is 5.41 Å². The summed E-state index contributed by atoms with van der Waals surface area (Å²) >= 11 is 7.93. The summed E-state index contributed by atoms with van der Waals surface area (Å²) in [6.07, 6.45) is 0. The van der Waals surface area contributed by atoms with E-state index in [1.165, 1.54) is 0 Å². The minimum atomic E-state index is 0.358. The van der Waals surface area contributed by atoms with Crippen LogP contribution in [0.25, 0.3) is 0 Å². The normalized spacial score (nSPS) is 20.5. The van der Waals surface area contributed by atoms with Gasteiger partial charge in [-0.2, -0.15) is 0 Å². The average Bonchev–Trinajstić information content (AvgIpc) is 1.98. The Labute approximate surface area is 59.2 Å². The molecule has 0 radical (unpaired) electrons. The summed E-state index contributed by atoms with van der Waals surface area (Å²) in [7, 11) is 0. The highest BCUT2D eigenvalue weighted by Gasteiger charge is 2.18. The van der Waals surface area contributed by atoms with E-state index in [1.54, 1.807) is 8.61 Å². The molecule has 0 spiro atoms. The van der Waals surface area contributed by atoms with Crippen molar-refractivity contribution >= 4 is 31.6 Å². The van der Waals surface area contributed by atoms with E-state index in [1.807, 2.05) is 0 Å².